The molecule has 1 aromatic carbocycles. The van der Waals surface area contributed by atoms with Crippen molar-refractivity contribution < 1.29 is 4.79 Å². The Morgan fingerprint density at radius 1 is 1.23 bits per heavy atom. The number of H-pyrrole nitrogens is 1. The topological polar surface area (TPSA) is 73.9 Å². The molecule has 6 nitrogen and oxygen atoms in total. The molecule has 2 aromatic heterocycles. The minimum Gasteiger partial charge on any atom is -0.365 e. The third-order valence-electron chi connectivity index (χ3n) is 5.13. The van der Waals surface area contributed by atoms with Crippen LogP contribution < -0.4 is 10.2 Å². The molecule has 2 N–H and O–H groups in total. The lowest BCUT2D eigenvalue weighted by Gasteiger charge is -2.29. The van der Waals surface area contributed by atoms with Gasteiger partial charge in [0.25, 0.3) is 0 Å². The number of hydrogen-bond acceptors (Lipinski definition) is 4. The summed E-state index contributed by atoms with van der Waals surface area (Å²) in [5.41, 5.74) is 3.41. The van der Waals surface area contributed by atoms with E-state index in [2.05, 4.69) is 31.5 Å². The number of nitrogens with zero attached hydrogens (tertiary/aromatic N) is 3. The molecule has 0 radical (unpaired) electrons. The van der Waals surface area contributed by atoms with E-state index >= 15 is 0 Å². The van der Waals surface area contributed by atoms with Gasteiger partial charge in [-0.05, 0) is 36.4 Å². The average molecular weight is 368 g/mol. The molecule has 0 unspecified atom stereocenters. The van der Waals surface area contributed by atoms with Crippen LogP contribution in [0, 0.1) is 5.92 Å². The number of rotatable bonds is 3. The number of nitrogens with one attached hydrogen (secondary N) is 2. The standard InChI is InChI=1S/C19H18ClN5O/c20-15-5-13-8-21-18(23-19(26)11-1-2-11)7-12(13)6-17(15)25-4-3-16-14(10-25)9-22-24-16/h5-9,11H,1-4,10H2,(H,22,24)(H,21,23,26). The average Bonchev–Trinajstić information content (AvgIpc) is 3.39. The molecule has 5 rings (SSSR count). The quantitative estimate of drug-likeness (QED) is 0.742. The first-order valence-electron chi connectivity index (χ1n) is 8.83. The molecular formula is C19H18ClN5O. The zero-order valence-electron chi connectivity index (χ0n) is 14.1. The van der Waals surface area contributed by atoms with Crippen LogP contribution in [0.1, 0.15) is 24.1 Å². The van der Waals surface area contributed by atoms with Crippen LogP contribution >= 0.6 is 11.6 Å². The van der Waals surface area contributed by atoms with Gasteiger partial charge in [0.2, 0.25) is 5.91 Å². The lowest BCUT2D eigenvalue weighted by atomic mass is 10.1. The van der Waals surface area contributed by atoms with Crippen molar-refractivity contribution in [1.82, 2.24) is 15.2 Å². The van der Waals surface area contributed by atoms with E-state index in [1.165, 1.54) is 11.3 Å². The second-order valence-corrected chi connectivity index (χ2v) is 7.44. The maximum absolute atomic E-state index is 12.0. The Morgan fingerprint density at radius 3 is 2.96 bits per heavy atom. The predicted octanol–water partition coefficient (Wildman–Crippen LogP) is 3.52. The zero-order valence-corrected chi connectivity index (χ0v) is 14.9. The van der Waals surface area contributed by atoms with Gasteiger partial charge in [-0.1, -0.05) is 11.6 Å². The molecule has 3 heterocycles. The molecule has 1 aliphatic carbocycles. The summed E-state index contributed by atoms with van der Waals surface area (Å²) >= 11 is 6.55. The van der Waals surface area contributed by atoms with Crippen molar-refractivity contribution in [3.8, 4) is 0 Å². The van der Waals surface area contributed by atoms with Crippen molar-refractivity contribution in [2.45, 2.75) is 25.8 Å². The number of amides is 1. The van der Waals surface area contributed by atoms with Crippen LogP contribution in [0.15, 0.2) is 30.6 Å². The highest BCUT2D eigenvalue weighted by Crippen LogP contribution is 2.35. The number of hydrogen-bond donors (Lipinski definition) is 2. The van der Waals surface area contributed by atoms with Gasteiger partial charge in [0, 0.05) is 48.3 Å². The molecular weight excluding hydrogens is 350 g/mol. The number of aromatic nitrogens is 3. The summed E-state index contributed by atoms with van der Waals surface area (Å²) in [5, 5.41) is 12.8. The van der Waals surface area contributed by atoms with Crippen molar-refractivity contribution >= 4 is 39.8 Å². The maximum Gasteiger partial charge on any atom is 0.228 e. The maximum atomic E-state index is 12.0. The first-order valence-corrected chi connectivity index (χ1v) is 9.21. The van der Waals surface area contributed by atoms with E-state index in [9.17, 15) is 4.79 Å². The Kier molecular flexibility index (Phi) is 3.60. The van der Waals surface area contributed by atoms with Gasteiger partial charge in [-0.15, -0.1) is 0 Å². The van der Waals surface area contributed by atoms with Crippen molar-refractivity contribution in [3.05, 3.63) is 46.9 Å². The smallest absolute Gasteiger partial charge is 0.228 e. The van der Waals surface area contributed by atoms with Gasteiger partial charge in [0.05, 0.1) is 16.9 Å². The number of pyridine rings is 1. The number of anilines is 2. The highest BCUT2D eigenvalue weighted by atomic mass is 35.5. The lowest BCUT2D eigenvalue weighted by molar-refractivity contribution is -0.117. The van der Waals surface area contributed by atoms with E-state index < -0.39 is 0 Å². The van der Waals surface area contributed by atoms with Crippen LogP contribution in [-0.2, 0) is 17.8 Å². The predicted molar refractivity (Wildman–Crippen MR) is 101 cm³/mol. The van der Waals surface area contributed by atoms with Gasteiger partial charge < -0.3 is 10.2 Å². The van der Waals surface area contributed by atoms with E-state index in [1.807, 2.05) is 18.3 Å². The number of aromatic amines is 1. The van der Waals surface area contributed by atoms with Gasteiger partial charge in [-0.25, -0.2) is 4.98 Å². The number of carbonyl (C=O) groups is 1. The van der Waals surface area contributed by atoms with Crippen LogP contribution in [-0.4, -0.2) is 27.6 Å². The summed E-state index contributed by atoms with van der Waals surface area (Å²) in [6, 6.07) is 5.94. The third-order valence-corrected chi connectivity index (χ3v) is 5.43. The van der Waals surface area contributed by atoms with Crippen molar-refractivity contribution in [1.29, 1.82) is 0 Å². The molecule has 0 saturated heterocycles. The van der Waals surface area contributed by atoms with Gasteiger partial charge >= 0.3 is 0 Å². The number of halogens is 1. The summed E-state index contributed by atoms with van der Waals surface area (Å²) in [7, 11) is 0. The molecule has 1 saturated carbocycles. The van der Waals surface area contributed by atoms with Gasteiger partial charge in [0.1, 0.15) is 5.82 Å². The van der Waals surface area contributed by atoms with Crippen LogP contribution in [0.4, 0.5) is 11.5 Å². The molecule has 3 aromatic rings. The fourth-order valence-corrected chi connectivity index (χ4v) is 3.76. The Labute approximate surface area is 155 Å². The second-order valence-electron chi connectivity index (χ2n) is 7.03. The van der Waals surface area contributed by atoms with Crippen LogP contribution in [0.2, 0.25) is 5.02 Å². The normalized spacial score (nSPS) is 16.6. The van der Waals surface area contributed by atoms with Gasteiger partial charge in [-0.3, -0.25) is 9.89 Å². The molecule has 2 aliphatic rings. The number of benzene rings is 1. The monoisotopic (exact) mass is 367 g/mol. The lowest BCUT2D eigenvalue weighted by Crippen LogP contribution is -2.30. The Morgan fingerprint density at radius 2 is 2.12 bits per heavy atom. The summed E-state index contributed by atoms with van der Waals surface area (Å²) in [6.07, 6.45) is 6.51. The Hall–Kier alpha value is -2.60. The highest BCUT2D eigenvalue weighted by molar-refractivity contribution is 6.34. The minimum absolute atomic E-state index is 0.0644. The minimum atomic E-state index is 0.0644. The van der Waals surface area contributed by atoms with Crippen LogP contribution in [0.3, 0.4) is 0 Å². The molecule has 0 bridgehead atoms. The van der Waals surface area contributed by atoms with Crippen LogP contribution in [0.25, 0.3) is 10.8 Å². The molecule has 0 spiro atoms. The fraction of sp³-hybridized carbons (Fsp3) is 0.316. The second kappa shape index (κ2) is 5.99. The summed E-state index contributed by atoms with van der Waals surface area (Å²) in [5.74, 6) is 0.818. The highest BCUT2D eigenvalue weighted by Gasteiger charge is 2.29. The van der Waals surface area contributed by atoms with Crippen molar-refractivity contribution in [2.24, 2.45) is 5.92 Å². The summed E-state index contributed by atoms with van der Waals surface area (Å²) in [6.45, 7) is 1.67. The first-order chi connectivity index (χ1) is 12.7. The third kappa shape index (κ3) is 2.80. The van der Waals surface area contributed by atoms with Crippen molar-refractivity contribution in [3.63, 3.8) is 0 Å². The molecule has 1 amide bonds. The molecule has 1 fully saturated rings. The summed E-state index contributed by atoms with van der Waals surface area (Å²) < 4.78 is 0. The van der Waals surface area contributed by atoms with Crippen LogP contribution in [0.5, 0.6) is 0 Å². The Balaban J connectivity index is 1.47. The van der Waals surface area contributed by atoms with Gasteiger partial charge in [-0.2, -0.15) is 5.10 Å². The summed E-state index contributed by atoms with van der Waals surface area (Å²) in [4.78, 5) is 18.6. The first kappa shape index (κ1) is 15.6. The fourth-order valence-electron chi connectivity index (χ4n) is 3.47. The molecule has 0 atom stereocenters. The number of carbonyl (C=O) groups excluding carboxylic acids is 1. The van der Waals surface area contributed by atoms with E-state index in [0.29, 0.717) is 10.8 Å². The molecule has 26 heavy (non-hydrogen) atoms. The van der Waals surface area contributed by atoms with E-state index in [-0.39, 0.29) is 11.8 Å². The van der Waals surface area contributed by atoms with Gasteiger partial charge in [0.15, 0.2) is 0 Å². The van der Waals surface area contributed by atoms with E-state index in [1.54, 1.807) is 6.20 Å². The van der Waals surface area contributed by atoms with E-state index in [4.69, 9.17) is 11.6 Å². The zero-order chi connectivity index (χ0) is 17.7. The molecule has 7 heteroatoms. The SMILES string of the molecule is O=C(Nc1cc2cc(N3CCc4[nH]ncc4C3)c(Cl)cc2cn1)C1CC1. The molecule has 132 valence electrons. The van der Waals surface area contributed by atoms with Crippen molar-refractivity contribution in [2.75, 3.05) is 16.8 Å². The van der Waals surface area contributed by atoms with E-state index in [0.717, 1.165) is 48.8 Å². The Bertz CT molecular complexity index is 1010. The number of fused-ring (bicyclic) bond motifs is 2. The molecule has 1 aliphatic heterocycles. The largest absolute Gasteiger partial charge is 0.365 e.